The number of benzene rings is 1. The van der Waals surface area contributed by atoms with Gasteiger partial charge in [0.2, 0.25) is 11.8 Å². The molecule has 0 saturated carbocycles. The number of anilines is 1. The number of hydrogen-bond donors (Lipinski definition) is 1. The predicted molar refractivity (Wildman–Crippen MR) is 83.7 cm³/mol. The van der Waals surface area contributed by atoms with Crippen molar-refractivity contribution in [2.75, 3.05) is 38.6 Å². The molecule has 1 aliphatic rings. The maximum absolute atomic E-state index is 12.0. The van der Waals surface area contributed by atoms with Gasteiger partial charge in [-0.2, -0.15) is 0 Å². The normalized spacial score (nSPS) is 13.7. The smallest absolute Gasteiger partial charge is 0.240 e. The van der Waals surface area contributed by atoms with Crippen LogP contribution in [0.25, 0.3) is 0 Å². The Hall–Kier alpha value is -1.59. The van der Waals surface area contributed by atoms with Crippen molar-refractivity contribution in [2.45, 2.75) is 12.8 Å². The van der Waals surface area contributed by atoms with E-state index < -0.39 is 0 Å². The lowest BCUT2D eigenvalue weighted by Crippen LogP contribution is -2.39. The van der Waals surface area contributed by atoms with Crippen molar-refractivity contribution in [1.29, 1.82) is 0 Å². The summed E-state index contributed by atoms with van der Waals surface area (Å²) in [5, 5.41) is 3.45. The highest BCUT2D eigenvalue weighted by molar-refractivity contribution is 6.31. The number of fused-ring (bicyclic) bond motifs is 1. The van der Waals surface area contributed by atoms with Crippen molar-refractivity contribution in [3.05, 3.63) is 28.8 Å². The first-order chi connectivity index (χ1) is 9.97. The Balaban J connectivity index is 1.88. The predicted octanol–water partition coefficient (Wildman–Crippen LogP) is 1.30. The third-order valence-electron chi connectivity index (χ3n) is 3.38. The van der Waals surface area contributed by atoms with Gasteiger partial charge in [0.05, 0.1) is 6.42 Å². The molecule has 0 aliphatic carbocycles. The minimum Gasteiger partial charge on any atom is -0.355 e. The van der Waals surface area contributed by atoms with Crippen molar-refractivity contribution < 1.29 is 9.59 Å². The van der Waals surface area contributed by atoms with Crippen LogP contribution in [0.5, 0.6) is 0 Å². The van der Waals surface area contributed by atoms with E-state index in [1.165, 1.54) is 4.90 Å². The molecule has 2 rings (SSSR count). The van der Waals surface area contributed by atoms with Crippen LogP contribution in [0.15, 0.2) is 18.2 Å². The van der Waals surface area contributed by atoms with E-state index in [4.69, 9.17) is 11.6 Å². The summed E-state index contributed by atoms with van der Waals surface area (Å²) in [6.07, 6.45) is 1.20. The molecule has 5 nitrogen and oxygen atoms in total. The number of hydrogen-bond acceptors (Lipinski definition) is 3. The molecule has 6 heteroatoms. The van der Waals surface area contributed by atoms with Gasteiger partial charge >= 0.3 is 0 Å². The fourth-order valence-electron chi connectivity index (χ4n) is 2.35. The van der Waals surface area contributed by atoms with Gasteiger partial charge in [-0.3, -0.25) is 9.59 Å². The first-order valence-electron chi connectivity index (χ1n) is 6.97. The van der Waals surface area contributed by atoms with E-state index in [2.05, 4.69) is 10.2 Å². The average molecular weight is 310 g/mol. The summed E-state index contributed by atoms with van der Waals surface area (Å²) < 4.78 is 0. The molecule has 0 radical (unpaired) electrons. The summed E-state index contributed by atoms with van der Waals surface area (Å²) in [5.74, 6) is -0.194. The SMILES string of the molecule is CN(C)CCCNC(=O)CN1C(=O)Cc2cc(Cl)ccc21. The average Bonchev–Trinajstić information content (AvgIpc) is 2.70. The third kappa shape index (κ3) is 4.19. The van der Waals surface area contributed by atoms with Crippen LogP contribution in [0.3, 0.4) is 0 Å². The molecule has 0 bridgehead atoms. The van der Waals surface area contributed by atoms with Crippen LogP contribution in [0.2, 0.25) is 5.02 Å². The van der Waals surface area contributed by atoms with E-state index in [0.29, 0.717) is 18.0 Å². The highest BCUT2D eigenvalue weighted by Gasteiger charge is 2.28. The summed E-state index contributed by atoms with van der Waals surface area (Å²) in [6, 6.07) is 5.31. The summed E-state index contributed by atoms with van der Waals surface area (Å²) in [5.41, 5.74) is 1.67. The molecule has 0 unspecified atom stereocenters. The lowest BCUT2D eigenvalue weighted by Gasteiger charge is -2.17. The molecule has 0 saturated heterocycles. The van der Waals surface area contributed by atoms with Gasteiger partial charge < -0.3 is 15.1 Å². The van der Waals surface area contributed by atoms with Crippen molar-refractivity contribution in [2.24, 2.45) is 0 Å². The highest BCUT2D eigenvalue weighted by atomic mass is 35.5. The number of rotatable bonds is 6. The topological polar surface area (TPSA) is 52.7 Å². The van der Waals surface area contributed by atoms with Crippen LogP contribution in [-0.2, 0) is 16.0 Å². The number of nitrogens with one attached hydrogen (secondary N) is 1. The Morgan fingerprint density at radius 1 is 1.43 bits per heavy atom. The molecule has 1 N–H and O–H groups in total. The first-order valence-corrected chi connectivity index (χ1v) is 7.35. The monoisotopic (exact) mass is 309 g/mol. The molecule has 2 amide bonds. The highest BCUT2D eigenvalue weighted by Crippen LogP contribution is 2.30. The quantitative estimate of drug-likeness (QED) is 0.806. The minimum atomic E-state index is -0.134. The van der Waals surface area contributed by atoms with Gasteiger partial charge in [-0.25, -0.2) is 0 Å². The van der Waals surface area contributed by atoms with Gasteiger partial charge in [-0.15, -0.1) is 0 Å². The fraction of sp³-hybridized carbons (Fsp3) is 0.467. The van der Waals surface area contributed by atoms with Crippen LogP contribution < -0.4 is 10.2 Å². The molecule has 1 aromatic carbocycles. The Morgan fingerprint density at radius 3 is 2.90 bits per heavy atom. The summed E-state index contributed by atoms with van der Waals surface area (Å²) in [6.45, 7) is 1.60. The zero-order valence-electron chi connectivity index (χ0n) is 12.4. The summed E-state index contributed by atoms with van der Waals surface area (Å²) in [7, 11) is 3.99. The molecule has 0 atom stereocenters. The standard InChI is InChI=1S/C15H20ClN3O2/c1-18(2)7-3-6-17-14(20)10-19-13-5-4-12(16)8-11(13)9-15(19)21/h4-5,8H,3,6-7,9-10H2,1-2H3,(H,17,20). The van der Waals surface area contributed by atoms with Crippen LogP contribution in [0.4, 0.5) is 5.69 Å². The van der Waals surface area contributed by atoms with Gasteiger partial charge in [0.15, 0.2) is 0 Å². The van der Waals surface area contributed by atoms with Gasteiger partial charge in [-0.05, 0) is 50.8 Å². The molecule has 114 valence electrons. The number of amides is 2. The van der Waals surface area contributed by atoms with Crippen LogP contribution >= 0.6 is 11.6 Å². The summed E-state index contributed by atoms with van der Waals surface area (Å²) >= 11 is 5.92. The van der Waals surface area contributed by atoms with Crippen LogP contribution in [0, 0.1) is 0 Å². The Kier molecular flexibility index (Phi) is 5.20. The zero-order valence-corrected chi connectivity index (χ0v) is 13.1. The molecule has 21 heavy (non-hydrogen) atoms. The second-order valence-electron chi connectivity index (χ2n) is 5.44. The van der Waals surface area contributed by atoms with Gasteiger partial charge in [0, 0.05) is 17.3 Å². The van der Waals surface area contributed by atoms with Crippen LogP contribution in [-0.4, -0.2) is 50.4 Å². The van der Waals surface area contributed by atoms with E-state index in [1.807, 2.05) is 14.1 Å². The van der Waals surface area contributed by atoms with E-state index in [1.54, 1.807) is 18.2 Å². The number of carbonyl (C=O) groups is 2. The van der Waals surface area contributed by atoms with Gasteiger partial charge in [-0.1, -0.05) is 11.6 Å². The minimum absolute atomic E-state index is 0.0595. The lowest BCUT2D eigenvalue weighted by atomic mass is 10.2. The van der Waals surface area contributed by atoms with Crippen LogP contribution in [0.1, 0.15) is 12.0 Å². The van der Waals surface area contributed by atoms with Crippen molar-refractivity contribution in [3.63, 3.8) is 0 Å². The molecule has 1 aromatic rings. The second kappa shape index (κ2) is 6.91. The number of carbonyl (C=O) groups excluding carboxylic acids is 2. The maximum Gasteiger partial charge on any atom is 0.240 e. The van der Waals surface area contributed by atoms with Crippen molar-refractivity contribution in [1.82, 2.24) is 10.2 Å². The van der Waals surface area contributed by atoms with Crippen molar-refractivity contribution in [3.8, 4) is 0 Å². The molecule has 1 heterocycles. The largest absolute Gasteiger partial charge is 0.355 e. The molecule has 1 aliphatic heterocycles. The molecular weight excluding hydrogens is 290 g/mol. The zero-order chi connectivity index (χ0) is 15.4. The number of nitrogens with zero attached hydrogens (tertiary/aromatic N) is 2. The summed E-state index contributed by atoms with van der Waals surface area (Å²) in [4.78, 5) is 27.5. The second-order valence-corrected chi connectivity index (χ2v) is 5.87. The molecule has 0 aromatic heterocycles. The third-order valence-corrected chi connectivity index (χ3v) is 3.62. The molecule has 0 fully saturated rings. The van der Waals surface area contributed by atoms with Gasteiger partial charge in [0.1, 0.15) is 6.54 Å². The van der Waals surface area contributed by atoms with E-state index in [9.17, 15) is 9.59 Å². The van der Waals surface area contributed by atoms with E-state index >= 15 is 0 Å². The Morgan fingerprint density at radius 2 is 2.19 bits per heavy atom. The fourth-order valence-corrected chi connectivity index (χ4v) is 2.54. The first kappa shape index (κ1) is 15.8. The van der Waals surface area contributed by atoms with E-state index in [-0.39, 0.29) is 18.4 Å². The van der Waals surface area contributed by atoms with E-state index in [0.717, 1.165) is 24.2 Å². The number of halogens is 1. The Bertz CT molecular complexity index is 546. The van der Waals surface area contributed by atoms with Crippen molar-refractivity contribution >= 4 is 29.1 Å². The lowest BCUT2D eigenvalue weighted by molar-refractivity contribution is -0.123. The van der Waals surface area contributed by atoms with Gasteiger partial charge in [0.25, 0.3) is 0 Å². The maximum atomic E-state index is 12.0. The molecular formula is C15H20ClN3O2. The Labute approximate surface area is 129 Å². The molecule has 0 spiro atoms.